The Morgan fingerprint density at radius 2 is 2.15 bits per heavy atom. The first kappa shape index (κ1) is 14.5. The van der Waals surface area contributed by atoms with E-state index in [2.05, 4.69) is 27.4 Å². The molecule has 2 aromatic heterocycles. The zero-order valence-corrected chi connectivity index (χ0v) is 12.3. The smallest absolute Gasteiger partial charge is 0.170 e. The minimum atomic E-state index is 0.395. The number of nitrogens with zero attached hydrogens (tertiary/aromatic N) is 4. The average Bonchev–Trinajstić information content (AvgIpc) is 2.78. The molecule has 0 amide bonds. The third-order valence-electron chi connectivity index (χ3n) is 3.08. The summed E-state index contributed by atoms with van der Waals surface area (Å²) in [6.07, 6.45) is 2.87. The second kappa shape index (κ2) is 7.00. The number of hydrogen-bond donors (Lipinski definition) is 1. The van der Waals surface area contributed by atoms with E-state index < -0.39 is 0 Å². The molecular weight excluding hydrogens is 254 g/mol. The third-order valence-corrected chi connectivity index (χ3v) is 3.08. The van der Waals surface area contributed by atoms with Gasteiger partial charge in [0, 0.05) is 13.6 Å². The molecule has 0 fully saturated rings. The number of aryl methyl sites for hydroxylation is 1. The Labute approximate surface area is 119 Å². The van der Waals surface area contributed by atoms with E-state index in [9.17, 15) is 0 Å². The molecule has 0 radical (unpaired) electrons. The topological polar surface area (TPSA) is 64.9 Å². The molecule has 108 valence electrons. The number of hydrogen-bond acceptors (Lipinski definition) is 5. The summed E-state index contributed by atoms with van der Waals surface area (Å²) < 4.78 is 7.57. The molecule has 0 saturated carbocycles. The molecule has 0 aliphatic carbocycles. The predicted octanol–water partition coefficient (Wildman–Crippen LogP) is 1.60. The molecule has 0 spiro atoms. The highest BCUT2D eigenvalue weighted by Gasteiger charge is 2.05. The fourth-order valence-corrected chi connectivity index (χ4v) is 1.72. The fourth-order valence-electron chi connectivity index (χ4n) is 1.72. The normalized spacial score (nSPS) is 10.8. The van der Waals surface area contributed by atoms with Gasteiger partial charge in [0.15, 0.2) is 5.82 Å². The van der Waals surface area contributed by atoms with Crippen LogP contribution in [-0.2, 0) is 20.2 Å². The van der Waals surface area contributed by atoms with Crippen molar-refractivity contribution in [3.63, 3.8) is 0 Å². The van der Waals surface area contributed by atoms with Gasteiger partial charge in [-0.15, -0.1) is 10.2 Å². The van der Waals surface area contributed by atoms with E-state index in [4.69, 9.17) is 4.74 Å². The molecule has 0 aliphatic heterocycles. The van der Waals surface area contributed by atoms with E-state index in [-0.39, 0.29) is 0 Å². The molecule has 0 bridgehead atoms. The van der Waals surface area contributed by atoms with Crippen molar-refractivity contribution >= 4 is 0 Å². The zero-order chi connectivity index (χ0) is 14.4. The van der Waals surface area contributed by atoms with Gasteiger partial charge in [0.1, 0.15) is 18.2 Å². The molecule has 6 nitrogen and oxygen atoms in total. The summed E-state index contributed by atoms with van der Waals surface area (Å²) in [4.78, 5) is 4.36. The molecule has 2 heterocycles. The van der Waals surface area contributed by atoms with Gasteiger partial charge in [-0.05, 0) is 32.0 Å². The van der Waals surface area contributed by atoms with Crippen LogP contribution < -0.4 is 10.1 Å². The highest BCUT2D eigenvalue weighted by molar-refractivity contribution is 5.20. The molecule has 1 N–H and O–H groups in total. The molecule has 6 heteroatoms. The van der Waals surface area contributed by atoms with Crippen LogP contribution in [0.5, 0.6) is 5.75 Å². The van der Waals surface area contributed by atoms with Gasteiger partial charge in [-0.25, -0.2) is 0 Å². The first-order valence-electron chi connectivity index (χ1n) is 6.84. The van der Waals surface area contributed by atoms with Crippen LogP contribution in [0.3, 0.4) is 0 Å². The Hall–Kier alpha value is -1.95. The number of ether oxygens (including phenoxy) is 1. The van der Waals surface area contributed by atoms with Crippen molar-refractivity contribution in [2.45, 2.75) is 33.4 Å². The minimum absolute atomic E-state index is 0.395. The lowest BCUT2D eigenvalue weighted by atomic mass is 10.3. The number of rotatable bonds is 7. The average molecular weight is 275 g/mol. The lowest BCUT2D eigenvalue weighted by Crippen LogP contribution is -2.14. The fraction of sp³-hybridized carbons (Fsp3) is 0.500. The Balaban J connectivity index is 1.86. The van der Waals surface area contributed by atoms with Crippen molar-refractivity contribution in [1.29, 1.82) is 0 Å². The van der Waals surface area contributed by atoms with Crippen molar-refractivity contribution in [2.24, 2.45) is 7.05 Å². The largest absolute Gasteiger partial charge is 0.484 e. The molecule has 0 aromatic carbocycles. The summed E-state index contributed by atoms with van der Waals surface area (Å²) in [6, 6.07) is 3.90. The Morgan fingerprint density at radius 3 is 2.75 bits per heavy atom. The minimum Gasteiger partial charge on any atom is -0.484 e. The standard InChI is InChI=1S/C14H21N5O/c1-4-7-15-8-12-5-6-13(9-16-12)20-10-14-18-17-11(2)19(14)3/h5-6,9,15H,4,7-8,10H2,1-3H3. The van der Waals surface area contributed by atoms with Crippen LogP contribution in [0.1, 0.15) is 30.7 Å². The first-order chi connectivity index (χ1) is 9.70. The Kier molecular flexibility index (Phi) is 5.06. The highest BCUT2D eigenvalue weighted by atomic mass is 16.5. The summed E-state index contributed by atoms with van der Waals surface area (Å²) >= 11 is 0. The molecule has 20 heavy (non-hydrogen) atoms. The molecule has 0 saturated heterocycles. The second-order valence-corrected chi connectivity index (χ2v) is 4.67. The van der Waals surface area contributed by atoms with E-state index >= 15 is 0 Å². The van der Waals surface area contributed by atoms with Gasteiger partial charge in [-0.1, -0.05) is 6.92 Å². The second-order valence-electron chi connectivity index (χ2n) is 4.67. The number of nitrogens with one attached hydrogen (secondary N) is 1. The van der Waals surface area contributed by atoms with Crippen LogP contribution in [-0.4, -0.2) is 26.3 Å². The molecule has 2 aromatic rings. The van der Waals surface area contributed by atoms with Crippen LogP contribution in [0.15, 0.2) is 18.3 Å². The third kappa shape index (κ3) is 3.77. The Morgan fingerprint density at radius 1 is 1.30 bits per heavy atom. The SMILES string of the molecule is CCCNCc1ccc(OCc2nnc(C)n2C)cn1. The summed E-state index contributed by atoms with van der Waals surface area (Å²) in [5.74, 6) is 2.42. The van der Waals surface area contributed by atoms with Crippen molar-refractivity contribution in [3.05, 3.63) is 35.7 Å². The summed E-state index contributed by atoms with van der Waals surface area (Å²) in [5, 5.41) is 11.4. The van der Waals surface area contributed by atoms with Crippen LogP contribution >= 0.6 is 0 Å². The first-order valence-corrected chi connectivity index (χ1v) is 6.84. The van der Waals surface area contributed by atoms with Gasteiger partial charge in [-0.2, -0.15) is 0 Å². The number of pyridine rings is 1. The van der Waals surface area contributed by atoms with Crippen LogP contribution in [0.25, 0.3) is 0 Å². The van der Waals surface area contributed by atoms with Gasteiger partial charge in [-0.3, -0.25) is 4.98 Å². The van der Waals surface area contributed by atoms with Crippen LogP contribution in [0, 0.1) is 6.92 Å². The molecule has 0 unspecified atom stereocenters. The zero-order valence-electron chi connectivity index (χ0n) is 12.3. The lowest BCUT2D eigenvalue weighted by Gasteiger charge is -2.07. The summed E-state index contributed by atoms with van der Waals surface area (Å²) in [5.41, 5.74) is 1.01. The maximum Gasteiger partial charge on any atom is 0.170 e. The lowest BCUT2D eigenvalue weighted by molar-refractivity contribution is 0.289. The van der Waals surface area contributed by atoms with E-state index in [1.807, 2.05) is 30.7 Å². The van der Waals surface area contributed by atoms with Gasteiger partial charge in [0.2, 0.25) is 0 Å². The van der Waals surface area contributed by atoms with Crippen molar-refractivity contribution < 1.29 is 4.74 Å². The quantitative estimate of drug-likeness (QED) is 0.777. The van der Waals surface area contributed by atoms with Crippen molar-refractivity contribution in [3.8, 4) is 5.75 Å². The van der Waals surface area contributed by atoms with Gasteiger partial charge in [0.05, 0.1) is 11.9 Å². The number of aromatic nitrogens is 4. The van der Waals surface area contributed by atoms with Gasteiger partial charge < -0.3 is 14.6 Å². The van der Waals surface area contributed by atoms with E-state index in [0.29, 0.717) is 6.61 Å². The van der Waals surface area contributed by atoms with Gasteiger partial charge in [0.25, 0.3) is 0 Å². The van der Waals surface area contributed by atoms with E-state index in [1.54, 1.807) is 6.20 Å². The molecule has 0 aliphatic rings. The van der Waals surface area contributed by atoms with Crippen LogP contribution in [0.2, 0.25) is 0 Å². The van der Waals surface area contributed by atoms with Crippen molar-refractivity contribution in [1.82, 2.24) is 25.1 Å². The Bertz CT molecular complexity index is 535. The van der Waals surface area contributed by atoms with Crippen molar-refractivity contribution in [2.75, 3.05) is 6.54 Å². The monoisotopic (exact) mass is 275 g/mol. The summed E-state index contributed by atoms with van der Waals surface area (Å²) in [6.45, 7) is 6.25. The maximum atomic E-state index is 5.66. The molecule has 2 rings (SSSR count). The van der Waals surface area contributed by atoms with E-state index in [1.165, 1.54) is 0 Å². The van der Waals surface area contributed by atoms with Crippen LogP contribution in [0.4, 0.5) is 0 Å². The molecule has 0 atom stereocenters. The van der Waals surface area contributed by atoms with Gasteiger partial charge >= 0.3 is 0 Å². The van der Waals surface area contributed by atoms with E-state index in [0.717, 1.165) is 42.6 Å². The predicted molar refractivity (Wildman–Crippen MR) is 76.3 cm³/mol. The highest BCUT2D eigenvalue weighted by Crippen LogP contribution is 2.11. The maximum absolute atomic E-state index is 5.66. The molecular formula is C14H21N5O. The summed E-state index contributed by atoms with van der Waals surface area (Å²) in [7, 11) is 1.93.